The molecule has 0 unspecified atom stereocenters. The zero-order chi connectivity index (χ0) is 11.8. The van der Waals surface area contributed by atoms with E-state index in [-0.39, 0.29) is 5.91 Å². The van der Waals surface area contributed by atoms with Gasteiger partial charge in [0.05, 0.1) is 0 Å². The monoisotopic (exact) mass is 238 g/mol. The highest BCUT2D eigenvalue weighted by molar-refractivity contribution is 7.10. The maximum Gasteiger partial charge on any atom is 0.244 e. The minimum absolute atomic E-state index is 0.0212. The number of hydrogen-bond donors (Lipinski definition) is 1. The molecule has 0 aliphatic rings. The Morgan fingerprint density at radius 2 is 2.38 bits per heavy atom. The second-order valence-corrected chi connectivity index (χ2v) is 4.78. The summed E-state index contributed by atoms with van der Waals surface area (Å²) in [6.07, 6.45) is 4.40. The topological polar surface area (TPSA) is 32.3 Å². The van der Waals surface area contributed by atoms with Crippen molar-refractivity contribution in [2.75, 3.05) is 27.2 Å². The predicted molar refractivity (Wildman–Crippen MR) is 69.5 cm³/mol. The van der Waals surface area contributed by atoms with Gasteiger partial charge in [-0.3, -0.25) is 4.79 Å². The molecule has 4 heteroatoms. The molecule has 1 heterocycles. The van der Waals surface area contributed by atoms with Crippen LogP contribution >= 0.6 is 11.3 Å². The molecule has 0 fully saturated rings. The molecule has 16 heavy (non-hydrogen) atoms. The van der Waals surface area contributed by atoms with Gasteiger partial charge in [-0.2, -0.15) is 0 Å². The van der Waals surface area contributed by atoms with Gasteiger partial charge >= 0.3 is 0 Å². The molecular weight excluding hydrogens is 220 g/mol. The lowest BCUT2D eigenvalue weighted by Crippen LogP contribution is -2.25. The Morgan fingerprint density at radius 3 is 3.00 bits per heavy atom. The van der Waals surface area contributed by atoms with Gasteiger partial charge in [-0.05, 0) is 44.6 Å². The predicted octanol–water partition coefficient (Wildman–Crippen LogP) is 1.83. The van der Waals surface area contributed by atoms with Crippen LogP contribution in [0.1, 0.15) is 11.3 Å². The van der Waals surface area contributed by atoms with Crippen LogP contribution in [-0.4, -0.2) is 38.0 Å². The zero-order valence-electron chi connectivity index (χ0n) is 9.77. The van der Waals surface area contributed by atoms with Crippen LogP contribution in [-0.2, 0) is 4.79 Å². The number of carbonyl (C=O) groups excluding carboxylic acids is 1. The number of nitrogens with zero attached hydrogens (tertiary/aromatic N) is 1. The van der Waals surface area contributed by atoms with Crippen LogP contribution < -0.4 is 5.32 Å². The van der Waals surface area contributed by atoms with E-state index in [2.05, 4.69) is 10.2 Å². The molecule has 0 saturated heterocycles. The van der Waals surface area contributed by atoms with E-state index in [4.69, 9.17) is 0 Å². The van der Waals surface area contributed by atoms with E-state index in [1.807, 2.05) is 37.7 Å². The Bertz CT molecular complexity index is 331. The molecule has 0 aliphatic heterocycles. The molecule has 0 saturated carbocycles. The van der Waals surface area contributed by atoms with Crippen molar-refractivity contribution < 1.29 is 4.79 Å². The molecule has 0 bridgehead atoms. The average molecular weight is 238 g/mol. The first-order valence-electron chi connectivity index (χ1n) is 5.32. The van der Waals surface area contributed by atoms with E-state index >= 15 is 0 Å². The van der Waals surface area contributed by atoms with Crippen LogP contribution in [0.3, 0.4) is 0 Å². The minimum Gasteiger partial charge on any atom is -0.353 e. The van der Waals surface area contributed by atoms with E-state index in [0.29, 0.717) is 0 Å². The SMILES string of the molecule is CN(C)CCCNC(=O)/C=C/c1cccs1. The van der Waals surface area contributed by atoms with Gasteiger partial charge in [0, 0.05) is 17.5 Å². The van der Waals surface area contributed by atoms with Gasteiger partial charge in [-0.15, -0.1) is 11.3 Å². The quantitative estimate of drug-likeness (QED) is 0.606. The van der Waals surface area contributed by atoms with Crippen molar-refractivity contribution >= 4 is 23.3 Å². The normalized spacial score (nSPS) is 11.2. The van der Waals surface area contributed by atoms with Crippen molar-refractivity contribution in [2.45, 2.75) is 6.42 Å². The van der Waals surface area contributed by atoms with Gasteiger partial charge in [0.2, 0.25) is 5.91 Å². The summed E-state index contributed by atoms with van der Waals surface area (Å²) in [5.74, 6) is -0.0212. The molecule has 0 radical (unpaired) electrons. The molecule has 1 N–H and O–H groups in total. The summed E-state index contributed by atoms with van der Waals surface area (Å²) in [5.41, 5.74) is 0. The third-order valence-electron chi connectivity index (χ3n) is 2.02. The fourth-order valence-corrected chi connectivity index (χ4v) is 1.83. The number of hydrogen-bond acceptors (Lipinski definition) is 3. The lowest BCUT2D eigenvalue weighted by atomic mass is 10.3. The zero-order valence-corrected chi connectivity index (χ0v) is 10.6. The Labute approximate surface area is 101 Å². The summed E-state index contributed by atoms with van der Waals surface area (Å²) in [7, 11) is 4.05. The van der Waals surface area contributed by atoms with Crippen LogP contribution in [0.5, 0.6) is 0 Å². The highest BCUT2D eigenvalue weighted by Crippen LogP contribution is 2.09. The smallest absolute Gasteiger partial charge is 0.244 e. The van der Waals surface area contributed by atoms with E-state index in [9.17, 15) is 4.79 Å². The maximum absolute atomic E-state index is 11.4. The van der Waals surface area contributed by atoms with Gasteiger partial charge in [-0.1, -0.05) is 6.07 Å². The Hall–Kier alpha value is -1.13. The number of rotatable bonds is 6. The second-order valence-electron chi connectivity index (χ2n) is 3.80. The number of amides is 1. The molecule has 0 aromatic carbocycles. The molecule has 0 aliphatic carbocycles. The van der Waals surface area contributed by atoms with Crippen LogP contribution in [0.2, 0.25) is 0 Å². The summed E-state index contributed by atoms with van der Waals surface area (Å²) in [4.78, 5) is 14.6. The summed E-state index contributed by atoms with van der Waals surface area (Å²) in [6, 6.07) is 3.96. The molecule has 1 aromatic heterocycles. The van der Waals surface area contributed by atoms with Crippen LogP contribution in [0, 0.1) is 0 Å². The average Bonchev–Trinajstić information content (AvgIpc) is 2.74. The Kier molecular flexibility index (Phi) is 5.82. The maximum atomic E-state index is 11.4. The molecule has 1 amide bonds. The van der Waals surface area contributed by atoms with Crippen molar-refractivity contribution in [3.8, 4) is 0 Å². The Morgan fingerprint density at radius 1 is 1.56 bits per heavy atom. The van der Waals surface area contributed by atoms with Crippen LogP contribution in [0.25, 0.3) is 6.08 Å². The van der Waals surface area contributed by atoms with Gasteiger partial charge in [0.25, 0.3) is 0 Å². The van der Waals surface area contributed by atoms with Gasteiger partial charge < -0.3 is 10.2 Å². The lowest BCUT2D eigenvalue weighted by molar-refractivity contribution is -0.116. The van der Waals surface area contributed by atoms with Crippen molar-refractivity contribution in [1.82, 2.24) is 10.2 Å². The van der Waals surface area contributed by atoms with Gasteiger partial charge in [0.1, 0.15) is 0 Å². The minimum atomic E-state index is -0.0212. The fourth-order valence-electron chi connectivity index (χ4n) is 1.21. The molecule has 1 rings (SSSR count). The standard InChI is InChI=1S/C12H18N2OS/c1-14(2)9-4-8-13-12(15)7-6-11-5-3-10-16-11/h3,5-7,10H,4,8-9H2,1-2H3,(H,13,15)/b7-6+. The Balaban J connectivity index is 2.16. The first-order chi connectivity index (χ1) is 7.68. The van der Waals surface area contributed by atoms with Crippen molar-refractivity contribution in [2.24, 2.45) is 0 Å². The number of thiophene rings is 1. The van der Waals surface area contributed by atoms with Crippen LogP contribution in [0.15, 0.2) is 23.6 Å². The molecule has 0 atom stereocenters. The van der Waals surface area contributed by atoms with Crippen molar-refractivity contribution in [3.05, 3.63) is 28.5 Å². The fraction of sp³-hybridized carbons (Fsp3) is 0.417. The first-order valence-corrected chi connectivity index (χ1v) is 6.20. The number of nitrogens with one attached hydrogen (secondary N) is 1. The highest BCUT2D eigenvalue weighted by atomic mass is 32.1. The lowest BCUT2D eigenvalue weighted by Gasteiger charge is -2.08. The van der Waals surface area contributed by atoms with Crippen LogP contribution in [0.4, 0.5) is 0 Å². The molecule has 3 nitrogen and oxygen atoms in total. The molecular formula is C12H18N2OS. The third-order valence-corrected chi connectivity index (χ3v) is 2.86. The molecule has 1 aromatic rings. The number of carbonyl (C=O) groups is 1. The van der Waals surface area contributed by atoms with Gasteiger partial charge in [-0.25, -0.2) is 0 Å². The van der Waals surface area contributed by atoms with E-state index in [1.165, 1.54) is 0 Å². The first kappa shape index (κ1) is 12.9. The third kappa shape index (κ3) is 5.68. The van der Waals surface area contributed by atoms with Gasteiger partial charge in [0.15, 0.2) is 0 Å². The van der Waals surface area contributed by atoms with Crippen molar-refractivity contribution in [1.29, 1.82) is 0 Å². The second kappa shape index (κ2) is 7.19. The summed E-state index contributed by atoms with van der Waals surface area (Å²) < 4.78 is 0. The summed E-state index contributed by atoms with van der Waals surface area (Å²) in [5, 5.41) is 4.85. The highest BCUT2D eigenvalue weighted by Gasteiger charge is 1.95. The molecule has 88 valence electrons. The van der Waals surface area contributed by atoms with E-state index < -0.39 is 0 Å². The summed E-state index contributed by atoms with van der Waals surface area (Å²) in [6.45, 7) is 1.72. The van der Waals surface area contributed by atoms with E-state index in [0.717, 1.165) is 24.4 Å². The van der Waals surface area contributed by atoms with E-state index in [1.54, 1.807) is 17.4 Å². The molecule has 0 spiro atoms. The summed E-state index contributed by atoms with van der Waals surface area (Å²) >= 11 is 1.62. The van der Waals surface area contributed by atoms with Crippen molar-refractivity contribution in [3.63, 3.8) is 0 Å². The largest absolute Gasteiger partial charge is 0.353 e.